The Kier molecular flexibility index (Phi) is 5.60. The summed E-state index contributed by atoms with van der Waals surface area (Å²) in [5.41, 5.74) is 6.34. The van der Waals surface area contributed by atoms with E-state index in [9.17, 15) is 0 Å². The van der Waals surface area contributed by atoms with Crippen molar-refractivity contribution < 1.29 is 4.42 Å². The minimum atomic E-state index is 0.543. The van der Waals surface area contributed by atoms with Gasteiger partial charge < -0.3 is 14.3 Å². The fourth-order valence-electron chi connectivity index (χ4n) is 4.49. The third-order valence-corrected chi connectivity index (χ3v) is 6.33. The van der Waals surface area contributed by atoms with Gasteiger partial charge in [0.25, 0.3) is 0 Å². The molecule has 1 N–H and O–H groups in total. The minimum Gasteiger partial charge on any atom is -0.459 e. The van der Waals surface area contributed by atoms with E-state index < -0.39 is 0 Å². The molecule has 0 aliphatic carbocycles. The van der Waals surface area contributed by atoms with Crippen LogP contribution in [0.15, 0.2) is 90.0 Å². The van der Waals surface area contributed by atoms with E-state index in [0.29, 0.717) is 5.95 Å². The zero-order chi connectivity index (χ0) is 23.6. The van der Waals surface area contributed by atoms with Crippen LogP contribution in [-0.2, 0) is 19.5 Å². The molecule has 6 rings (SSSR count). The van der Waals surface area contributed by atoms with Crippen molar-refractivity contribution in [2.24, 2.45) is 0 Å². The molecule has 3 aromatic heterocycles. The molecule has 35 heavy (non-hydrogen) atoms. The minimum absolute atomic E-state index is 0.543. The maximum Gasteiger partial charge on any atom is 0.227 e. The first-order valence-corrected chi connectivity index (χ1v) is 11.8. The molecular formula is C28H26N6O. The first-order chi connectivity index (χ1) is 17.2. The maximum absolute atomic E-state index is 6.28. The highest BCUT2D eigenvalue weighted by atomic mass is 16.3. The maximum atomic E-state index is 6.28. The van der Waals surface area contributed by atoms with Crippen LogP contribution in [0.25, 0.3) is 17.1 Å². The zero-order valence-corrected chi connectivity index (χ0v) is 19.6. The predicted molar refractivity (Wildman–Crippen MR) is 136 cm³/mol. The Balaban J connectivity index is 1.19. The van der Waals surface area contributed by atoms with Crippen molar-refractivity contribution in [3.05, 3.63) is 108 Å². The van der Waals surface area contributed by atoms with Gasteiger partial charge in [-0.25, -0.2) is 15.0 Å². The number of benzene rings is 2. The molecule has 174 valence electrons. The van der Waals surface area contributed by atoms with Gasteiger partial charge >= 0.3 is 0 Å². The van der Waals surface area contributed by atoms with E-state index in [2.05, 4.69) is 56.6 Å². The number of imidazole rings is 1. The predicted octanol–water partition coefficient (Wildman–Crippen LogP) is 5.53. The van der Waals surface area contributed by atoms with Gasteiger partial charge in [0, 0.05) is 61.6 Å². The molecule has 0 radical (unpaired) electrons. The summed E-state index contributed by atoms with van der Waals surface area (Å²) in [5.74, 6) is 2.41. The Morgan fingerprint density at radius 3 is 2.71 bits per heavy atom. The van der Waals surface area contributed by atoms with Gasteiger partial charge in [-0.1, -0.05) is 30.3 Å². The molecule has 7 nitrogen and oxygen atoms in total. The van der Waals surface area contributed by atoms with Crippen LogP contribution in [0.5, 0.6) is 0 Å². The van der Waals surface area contributed by atoms with Gasteiger partial charge in [-0.05, 0) is 48.4 Å². The highest BCUT2D eigenvalue weighted by Gasteiger charge is 2.22. The van der Waals surface area contributed by atoms with Crippen LogP contribution in [0.4, 0.5) is 11.6 Å². The van der Waals surface area contributed by atoms with E-state index in [0.717, 1.165) is 60.2 Å². The lowest BCUT2D eigenvalue weighted by Crippen LogP contribution is -2.29. The Hall–Kier alpha value is -4.23. The summed E-state index contributed by atoms with van der Waals surface area (Å²) in [6, 6.07) is 20.8. The van der Waals surface area contributed by atoms with Crippen molar-refractivity contribution in [1.29, 1.82) is 0 Å². The van der Waals surface area contributed by atoms with E-state index in [1.807, 2.05) is 48.1 Å². The van der Waals surface area contributed by atoms with Gasteiger partial charge in [0.15, 0.2) is 5.76 Å². The molecule has 0 saturated heterocycles. The summed E-state index contributed by atoms with van der Waals surface area (Å²) in [4.78, 5) is 15.8. The molecule has 0 spiro atoms. The van der Waals surface area contributed by atoms with Gasteiger partial charge in [-0.2, -0.15) is 0 Å². The summed E-state index contributed by atoms with van der Waals surface area (Å²) in [6.07, 6.45) is 8.21. The van der Waals surface area contributed by atoms with Crippen molar-refractivity contribution in [1.82, 2.24) is 24.4 Å². The topological polar surface area (TPSA) is 72.0 Å². The molecule has 2 aromatic carbocycles. The summed E-state index contributed by atoms with van der Waals surface area (Å²) in [7, 11) is 0. The van der Waals surface area contributed by atoms with Crippen LogP contribution < -0.4 is 5.32 Å². The molecule has 0 fully saturated rings. The number of aromatic nitrogens is 4. The lowest BCUT2D eigenvalue weighted by atomic mass is 10.1. The second-order valence-electron chi connectivity index (χ2n) is 8.87. The smallest absolute Gasteiger partial charge is 0.227 e. The van der Waals surface area contributed by atoms with Crippen LogP contribution in [0.2, 0.25) is 0 Å². The van der Waals surface area contributed by atoms with Crippen LogP contribution in [0, 0.1) is 6.92 Å². The molecule has 4 heterocycles. The van der Waals surface area contributed by atoms with Gasteiger partial charge in [0.2, 0.25) is 5.95 Å². The van der Waals surface area contributed by atoms with Crippen molar-refractivity contribution in [3.8, 4) is 17.1 Å². The Labute approximate surface area is 204 Å². The van der Waals surface area contributed by atoms with Crippen molar-refractivity contribution in [2.45, 2.75) is 26.4 Å². The molecular weight excluding hydrogens is 436 g/mol. The number of hydrogen-bond donors (Lipinski definition) is 1. The van der Waals surface area contributed by atoms with Gasteiger partial charge in [-0.15, -0.1) is 0 Å². The third kappa shape index (κ3) is 4.58. The number of aryl methyl sites for hydroxylation is 1. The first-order valence-electron chi connectivity index (χ1n) is 11.8. The van der Waals surface area contributed by atoms with Gasteiger partial charge in [0.1, 0.15) is 11.5 Å². The largest absolute Gasteiger partial charge is 0.459 e. The number of furan rings is 1. The molecule has 7 heteroatoms. The number of rotatable bonds is 6. The lowest BCUT2D eigenvalue weighted by Gasteiger charge is -2.25. The molecule has 0 amide bonds. The fourth-order valence-corrected chi connectivity index (χ4v) is 4.49. The normalized spacial score (nSPS) is 13.5. The Morgan fingerprint density at radius 2 is 1.91 bits per heavy atom. The Bertz CT molecular complexity index is 1420. The van der Waals surface area contributed by atoms with E-state index >= 15 is 0 Å². The molecule has 0 saturated carbocycles. The highest BCUT2D eigenvalue weighted by Crippen LogP contribution is 2.31. The SMILES string of the molecule is Cc1cnc(Nc2ccc(-n3ccnc3)cc2)nc1-c1cc2c(o1)CCN(Cc1ccccc1)C2. The number of hydrogen-bond acceptors (Lipinski definition) is 6. The first kappa shape index (κ1) is 21.3. The summed E-state index contributed by atoms with van der Waals surface area (Å²) < 4.78 is 8.24. The number of nitrogens with one attached hydrogen (secondary N) is 1. The summed E-state index contributed by atoms with van der Waals surface area (Å²) in [6.45, 7) is 4.83. The molecule has 5 aromatic rings. The fraction of sp³-hybridized carbons (Fsp3) is 0.179. The van der Waals surface area contributed by atoms with E-state index in [1.54, 1.807) is 12.5 Å². The molecule has 1 aliphatic rings. The zero-order valence-electron chi connectivity index (χ0n) is 19.6. The monoisotopic (exact) mass is 462 g/mol. The van der Waals surface area contributed by atoms with E-state index in [4.69, 9.17) is 9.40 Å². The number of anilines is 2. The molecule has 1 aliphatic heterocycles. The highest BCUT2D eigenvalue weighted by molar-refractivity contribution is 5.62. The van der Waals surface area contributed by atoms with Crippen molar-refractivity contribution >= 4 is 11.6 Å². The van der Waals surface area contributed by atoms with Crippen LogP contribution in [0.1, 0.15) is 22.5 Å². The van der Waals surface area contributed by atoms with Crippen molar-refractivity contribution in [2.75, 3.05) is 11.9 Å². The van der Waals surface area contributed by atoms with Gasteiger partial charge in [0.05, 0.1) is 6.33 Å². The van der Waals surface area contributed by atoms with E-state index in [1.165, 1.54) is 11.1 Å². The van der Waals surface area contributed by atoms with Crippen LogP contribution >= 0.6 is 0 Å². The summed E-state index contributed by atoms with van der Waals surface area (Å²) in [5, 5.41) is 3.31. The number of fused-ring (bicyclic) bond motifs is 1. The van der Waals surface area contributed by atoms with Crippen LogP contribution in [-0.4, -0.2) is 31.0 Å². The standard InChI is InChI=1S/C28H26N6O/c1-20-16-30-28(31-23-7-9-24(10-8-23)34-14-12-29-19-34)32-27(20)26-15-22-18-33(13-11-25(22)35-26)17-21-5-3-2-4-6-21/h2-10,12,14-16,19H,11,13,17-18H2,1H3,(H,30,31,32). The van der Waals surface area contributed by atoms with Gasteiger partial charge in [-0.3, -0.25) is 4.90 Å². The second kappa shape index (κ2) is 9.19. The average Bonchev–Trinajstić information content (AvgIpc) is 3.56. The second-order valence-corrected chi connectivity index (χ2v) is 8.87. The molecule has 0 bridgehead atoms. The Morgan fingerprint density at radius 1 is 1.06 bits per heavy atom. The molecule has 0 unspecified atom stereocenters. The summed E-state index contributed by atoms with van der Waals surface area (Å²) >= 11 is 0. The molecule has 0 atom stereocenters. The lowest BCUT2D eigenvalue weighted by molar-refractivity contribution is 0.234. The quantitative estimate of drug-likeness (QED) is 0.358. The average molecular weight is 463 g/mol. The van der Waals surface area contributed by atoms with Crippen LogP contribution in [0.3, 0.4) is 0 Å². The number of nitrogens with zero attached hydrogens (tertiary/aromatic N) is 5. The van der Waals surface area contributed by atoms with E-state index in [-0.39, 0.29) is 0 Å². The van der Waals surface area contributed by atoms with Crippen molar-refractivity contribution in [3.63, 3.8) is 0 Å². The third-order valence-electron chi connectivity index (χ3n) is 6.33.